The summed E-state index contributed by atoms with van der Waals surface area (Å²) < 4.78 is 23.0. The maximum atomic E-state index is 13.1. The molecule has 1 fully saturated rings. The predicted octanol–water partition coefficient (Wildman–Crippen LogP) is 4.58. The first kappa shape index (κ1) is 21.8. The number of pyridine rings is 2. The molecule has 0 saturated heterocycles. The highest BCUT2D eigenvalue weighted by atomic mass is 32.2. The molecule has 2 aliphatic carbocycles. The fourth-order valence-corrected chi connectivity index (χ4v) is 5.42. The molecule has 3 aromatic heterocycles. The first-order valence-corrected chi connectivity index (χ1v) is 12.9. The maximum absolute atomic E-state index is 13.1. The average Bonchev–Trinajstić information content (AvgIpc) is 3.32. The van der Waals surface area contributed by atoms with Crippen LogP contribution in [0, 0.1) is 6.92 Å². The zero-order valence-electron chi connectivity index (χ0n) is 19.3. The van der Waals surface area contributed by atoms with Gasteiger partial charge < -0.3 is 10.1 Å². The van der Waals surface area contributed by atoms with Gasteiger partial charge in [-0.25, -0.2) is 13.5 Å². The summed E-state index contributed by atoms with van der Waals surface area (Å²) in [6.45, 7) is 2.06. The molecule has 35 heavy (non-hydrogen) atoms. The lowest BCUT2D eigenvalue weighted by Crippen LogP contribution is -2.31. The Morgan fingerprint density at radius 3 is 2.91 bits per heavy atom. The van der Waals surface area contributed by atoms with Crippen LogP contribution in [0.15, 0.2) is 60.0 Å². The Morgan fingerprint density at radius 2 is 2.06 bits per heavy atom. The smallest absolute Gasteiger partial charge is 0.331 e. The van der Waals surface area contributed by atoms with Crippen molar-refractivity contribution in [2.45, 2.75) is 50.0 Å². The van der Waals surface area contributed by atoms with E-state index in [4.69, 9.17) is 4.74 Å². The van der Waals surface area contributed by atoms with E-state index in [9.17, 15) is 9.00 Å². The number of rotatable bonds is 6. The van der Waals surface area contributed by atoms with Gasteiger partial charge in [0.1, 0.15) is 5.75 Å². The minimum atomic E-state index is -1.78. The van der Waals surface area contributed by atoms with Crippen molar-refractivity contribution < 1.29 is 13.7 Å². The number of fused-ring (bicyclic) bond motifs is 2. The van der Waals surface area contributed by atoms with Gasteiger partial charge in [-0.3, -0.25) is 9.71 Å². The van der Waals surface area contributed by atoms with Gasteiger partial charge in [-0.15, -0.1) is 0 Å². The highest BCUT2D eigenvalue weighted by Gasteiger charge is 2.25. The number of hydrogen-bond acceptors (Lipinski definition) is 5. The van der Waals surface area contributed by atoms with Crippen LogP contribution in [0.3, 0.4) is 0 Å². The summed E-state index contributed by atoms with van der Waals surface area (Å²) >= 11 is 0. The highest BCUT2D eigenvalue weighted by molar-refractivity contribution is 7.83. The van der Waals surface area contributed by atoms with E-state index >= 15 is 0 Å². The molecule has 1 unspecified atom stereocenters. The minimum Gasteiger partial charge on any atom is -0.489 e. The Balaban J connectivity index is 1.29. The Morgan fingerprint density at radius 1 is 1.17 bits per heavy atom. The lowest BCUT2D eigenvalue weighted by molar-refractivity contribution is 0.257. The van der Waals surface area contributed by atoms with Crippen molar-refractivity contribution in [1.29, 1.82) is 0 Å². The number of carbonyl (C=O) groups excluding carboxylic acids is 1. The quantitative estimate of drug-likeness (QED) is 0.415. The second-order valence-corrected chi connectivity index (χ2v) is 10.3. The number of amides is 2. The lowest BCUT2D eigenvalue weighted by atomic mass is 9.93. The Bertz CT molecular complexity index is 1480. The largest absolute Gasteiger partial charge is 0.489 e. The van der Waals surface area contributed by atoms with Crippen LogP contribution in [0.25, 0.3) is 16.6 Å². The van der Waals surface area contributed by atoms with Gasteiger partial charge in [-0.1, -0.05) is 6.07 Å². The second kappa shape index (κ2) is 8.81. The third kappa shape index (κ3) is 4.39. The average molecular weight is 488 g/mol. The summed E-state index contributed by atoms with van der Waals surface area (Å²) in [5, 5.41) is 7.31. The number of aromatic nitrogens is 3. The van der Waals surface area contributed by atoms with E-state index in [0.29, 0.717) is 10.6 Å². The van der Waals surface area contributed by atoms with Crippen molar-refractivity contribution >= 4 is 28.2 Å². The van der Waals surface area contributed by atoms with Crippen LogP contribution in [-0.2, 0) is 23.8 Å². The monoisotopic (exact) mass is 487 g/mol. The summed E-state index contributed by atoms with van der Waals surface area (Å²) in [5.74, 6) is 0.564. The van der Waals surface area contributed by atoms with Gasteiger partial charge in [-0.05, 0) is 79.5 Å². The first-order valence-electron chi connectivity index (χ1n) is 11.8. The third-order valence-electron chi connectivity index (χ3n) is 6.44. The third-order valence-corrected chi connectivity index (χ3v) is 7.46. The van der Waals surface area contributed by atoms with Crippen LogP contribution in [0.4, 0.5) is 10.5 Å². The molecule has 8 nitrogen and oxygen atoms in total. The van der Waals surface area contributed by atoms with E-state index < -0.39 is 17.0 Å². The number of urea groups is 1. The predicted molar refractivity (Wildman–Crippen MR) is 134 cm³/mol. The second-order valence-electron chi connectivity index (χ2n) is 9.05. The fourth-order valence-electron chi connectivity index (χ4n) is 4.71. The van der Waals surface area contributed by atoms with Crippen LogP contribution in [0.1, 0.15) is 36.0 Å². The van der Waals surface area contributed by atoms with Crippen LogP contribution >= 0.6 is 0 Å². The Hall–Kier alpha value is -3.72. The number of nitrogens with one attached hydrogen (secondary N) is 2. The lowest BCUT2D eigenvalue weighted by Gasteiger charge is -2.19. The van der Waals surface area contributed by atoms with Gasteiger partial charge in [0.2, 0.25) is 0 Å². The van der Waals surface area contributed by atoms with Gasteiger partial charge in [0.15, 0.2) is 11.0 Å². The molecule has 6 rings (SSSR count). The number of ether oxygens (including phenoxy) is 1. The van der Waals surface area contributed by atoms with Crippen molar-refractivity contribution in [3.63, 3.8) is 0 Å². The molecule has 2 N–H and O–H groups in total. The molecular weight excluding hydrogens is 462 g/mol. The van der Waals surface area contributed by atoms with Gasteiger partial charge in [0.05, 0.1) is 28.4 Å². The molecule has 3 heterocycles. The van der Waals surface area contributed by atoms with Gasteiger partial charge >= 0.3 is 6.03 Å². The molecule has 1 aromatic carbocycles. The zero-order valence-corrected chi connectivity index (χ0v) is 20.1. The molecule has 2 aliphatic rings. The van der Waals surface area contributed by atoms with E-state index in [0.717, 1.165) is 65.6 Å². The van der Waals surface area contributed by atoms with E-state index in [2.05, 4.69) is 39.2 Å². The number of benzene rings is 1. The van der Waals surface area contributed by atoms with Crippen LogP contribution in [0.2, 0.25) is 0 Å². The molecule has 178 valence electrons. The van der Waals surface area contributed by atoms with Crippen LogP contribution in [0.5, 0.6) is 5.75 Å². The molecule has 2 amide bonds. The first-order chi connectivity index (χ1) is 17.0. The summed E-state index contributed by atoms with van der Waals surface area (Å²) in [6.07, 6.45) is 11.9. The molecule has 0 aliphatic heterocycles. The fraction of sp³-hybridized carbons (Fsp3) is 0.269. The van der Waals surface area contributed by atoms with Crippen LogP contribution < -0.4 is 14.8 Å². The summed E-state index contributed by atoms with van der Waals surface area (Å²) in [4.78, 5) is 17.6. The van der Waals surface area contributed by atoms with Gasteiger partial charge in [0.25, 0.3) is 0 Å². The molecule has 1 saturated carbocycles. The van der Waals surface area contributed by atoms with Crippen molar-refractivity contribution in [3.8, 4) is 16.9 Å². The highest BCUT2D eigenvalue weighted by Crippen LogP contribution is 2.40. The number of anilines is 1. The summed E-state index contributed by atoms with van der Waals surface area (Å²) in [6, 6.07) is 9.37. The molecule has 4 aromatic rings. The van der Waals surface area contributed by atoms with Crippen molar-refractivity contribution in [3.05, 3.63) is 71.8 Å². The zero-order chi connectivity index (χ0) is 23.9. The molecule has 0 spiro atoms. The van der Waals surface area contributed by atoms with Crippen molar-refractivity contribution in [1.82, 2.24) is 19.3 Å². The number of carbonyl (C=O) groups is 1. The maximum Gasteiger partial charge on any atom is 0.331 e. The molecule has 0 bridgehead atoms. The molecule has 9 heteroatoms. The normalized spacial score (nSPS) is 15.6. The Kier molecular flexibility index (Phi) is 5.49. The standard InChI is InChI=1S/C26H25N5O3S/c1-16-11-17-3-2-4-23(17)25(24(16)18-8-10-31-19(12-18)7-9-28-31)29-26(32)30-35(33)22-13-21(14-27-15-22)34-20-5-6-20/h7-15,20H,2-6H2,1H3,(H2,29,30,32). The van der Waals surface area contributed by atoms with E-state index in [1.165, 1.54) is 11.8 Å². The van der Waals surface area contributed by atoms with E-state index in [1.807, 2.05) is 22.8 Å². The van der Waals surface area contributed by atoms with Gasteiger partial charge in [0, 0.05) is 30.2 Å². The van der Waals surface area contributed by atoms with Gasteiger partial charge in [-0.2, -0.15) is 5.10 Å². The molecule has 1 atom stereocenters. The van der Waals surface area contributed by atoms with Crippen LogP contribution in [-0.4, -0.2) is 30.9 Å². The minimum absolute atomic E-state index is 0.209. The SMILES string of the molecule is Cc1cc2c(c(NC(=O)NS(=O)c3cncc(OC4CC4)c3)c1-c1ccn3nccc3c1)CCC2. The van der Waals surface area contributed by atoms with E-state index in [1.54, 1.807) is 18.5 Å². The summed E-state index contributed by atoms with van der Waals surface area (Å²) in [7, 11) is -1.78. The number of hydrogen-bond donors (Lipinski definition) is 2. The van der Waals surface area contributed by atoms with Crippen molar-refractivity contribution in [2.75, 3.05) is 5.32 Å². The number of nitrogens with zero attached hydrogens (tertiary/aromatic N) is 3. The Labute approximate surface area is 205 Å². The molecular formula is C26H25N5O3S. The topological polar surface area (TPSA) is 97.6 Å². The van der Waals surface area contributed by atoms with Crippen molar-refractivity contribution in [2.24, 2.45) is 0 Å². The number of aryl methyl sites for hydroxylation is 2. The van der Waals surface area contributed by atoms with E-state index in [-0.39, 0.29) is 6.10 Å². The summed E-state index contributed by atoms with van der Waals surface area (Å²) in [5.41, 5.74) is 7.19. The molecule has 0 radical (unpaired) electrons.